The molecule has 0 aromatic heterocycles. The van der Waals surface area contributed by atoms with E-state index in [0.29, 0.717) is 12.1 Å². The minimum absolute atomic E-state index is 0.0841. The lowest BCUT2D eigenvalue weighted by atomic mass is 9.76. The zero-order chi connectivity index (χ0) is 23.4. The Morgan fingerprint density at radius 1 is 0.912 bits per heavy atom. The van der Waals surface area contributed by atoms with Gasteiger partial charge in [0.15, 0.2) is 0 Å². The number of likely N-dealkylation sites (tertiary alicyclic amines) is 1. The molecule has 3 aliphatic heterocycles. The number of aromatic hydroxyl groups is 1. The number of rotatable bonds is 3. The molecule has 3 N–H and O–H groups in total. The first-order chi connectivity index (χ1) is 16.5. The first-order valence-corrected chi connectivity index (χ1v) is 12.3. The van der Waals surface area contributed by atoms with Gasteiger partial charge < -0.3 is 10.4 Å². The van der Waals surface area contributed by atoms with Crippen molar-refractivity contribution in [3.05, 3.63) is 59.7 Å². The van der Waals surface area contributed by atoms with Crippen LogP contribution in [0.2, 0.25) is 0 Å². The SMILES string of the molecule is O=C1[C@@H]2C(Cc3ccc(O)cc3)NC3(C(=O)Nc4ccccc43)[C@@H]2C(=O)N1C1CCCCCC1. The summed E-state index contributed by atoms with van der Waals surface area (Å²) in [6.45, 7) is 0. The molecule has 1 aliphatic carbocycles. The van der Waals surface area contributed by atoms with Gasteiger partial charge in [-0.25, -0.2) is 0 Å². The molecule has 0 bridgehead atoms. The minimum atomic E-state index is -1.25. The number of nitrogens with zero attached hydrogens (tertiary/aromatic N) is 1. The van der Waals surface area contributed by atoms with Gasteiger partial charge in [0, 0.05) is 23.3 Å². The zero-order valence-corrected chi connectivity index (χ0v) is 19.0. The second-order valence-electron chi connectivity index (χ2n) is 10.1. The molecule has 7 heteroatoms. The van der Waals surface area contributed by atoms with Crippen LogP contribution >= 0.6 is 0 Å². The van der Waals surface area contributed by atoms with Crippen LogP contribution in [0.4, 0.5) is 5.69 Å². The average Bonchev–Trinajstić information content (AvgIpc) is 3.29. The monoisotopic (exact) mass is 459 g/mol. The molecule has 7 nitrogen and oxygen atoms in total. The largest absolute Gasteiger partial charge is 0.508 e. The molecule has 1 spiro atoms. The quantitative estimate of drug-likeness (QED) is 0.484. The van der Waals surface area contributed by atoms with Gasteiger partial charge in [-0.3, -0.25) is 24.6 Å². The van der Waals surface area contributed by atoms with Crippen molar-refractivity contribution in [2.24, 2.45) is 11.8 Å². The van der Waals surface area contributed by atoms with Crippen molar-refractivity contribution < 1.29 is 19.5 Å². The fourth-order valence-corrected chi connectivity index (χ4v) is 6.72. The number of carbonyl (C=O) groups excluding carboxylic acids is 3. The zero-order valence-electron chi connectivity index (χ0n) is 19.0. The minimum Gasteiger partial charge on any atom is -0.508 e. The number of para-hydroxylation sites is 1. The number of benzene rings is 2. The van der Waals surface area contributed by atoms with Gasteiger partial charge in [-0.2, -0.15) is 0 Å². The van der Waals surface area contributed by atoms with E-state index in [9.17, 15) is 19.5 Å². The van der Waals surface area contributed by atoms with Crippen molar-refractivity contribution in [3.63, 3.8) is 0 Å². The smallest absolute Gasteiger partial charge is 0.250 e. The molecule has 3 heterocycles. The summed E-state index contributed by atoms with van der Waals surface area (Å²) in [7, 11) is 0. The summed E-state index contributed by atoms with van der Waals surface area (Å²) in [4.78, 5) is 43.0. The van der Waals surface area contributed by atoms with Crippen molar-refractivity contribution in [1.82, 2.24) is 10.2 Å². The molecule has 34 heavy (non-hydrogen) atoms. The van der Waals surface area contributed by atoms with Crippen LogP contribution in [-0.2, 0) is 26.3 Å². The molecule has 0 radical (unpaired) electrons. The van der Waals surface area contributed by atoms with E-state index in [4.69, 9.17) is 0 Å². The first kappa shape index (κ1) is 21.4. The summed E-state index contributed by atoms with van der Waals surface area (Å²) in [6, 6.07) is 13.9. The molecule has 2 aromatic carbocycles. The van der Waals surface area contributed by atoms with Gasteiger partial charge in [-0.15, -0.1) is 0 Å². The van der Waals surface area contributed by atoms with Crippen molar-refractivity contribution in [3.8, 4) is 5.75 Å². The Morgan fingerprint density at radius 2 is 1.62 bits per heavy atom. The van der Waals surface area contributed by atoms with E-state index in [0.717, 1.165) is 49.7 Å². The second kappa shape index (κ2) is 7.94. The van der Waals surface area contributed by atoms with Gasteiger partial charge in [0.25, 0.3) is 0 Å². The van der Waals surface area contributed by atoms with Crippen molar-refractivity contribution in [2.75, 3.05) is 5.32 Å². The number of phenolic OH excluding ortho intramolecular Hbond substituents is 1. The van der Waals surface area contributed by atoms with E-state index in [-0.39, 0.29) is 35.6 Å². The van der Waals surface area contributed by atoms with Crippen molar-refractivity contribution in [2.45, 2.75) is 62.6 Å². The van der Waals surface area contributed by atoms with Crippen molar-refractivity contribution in [1.29, 1.82) is 0 Å². The lowest BCUT2D eigenvalue weighted by Crippen LogP contribution is -2.54. The third-order valence-electron chi connectivity index (χ3n) is 8.24. The number of carbonyl (C=O) groups is 3. The fraction of sp³-hybridized carbons (Fsp3) is 0.444. The van der Waals surface area contributed by atoms with Crippen LogP contribution in [0.1, 0.15) is 49.7 Å². The van der Waals surface area contributed by atoms with Gasteiger partial charge in [-0.05, 0) is 43.0 Å². The summed E-state index contributed by atoms with van der Waals surface area (Å²) >= 11 is 0. The van der Waals surface area contributed by atoms with E-state index in [1.54, 1.807) is 12.1 Å². The Kier molecular flexibility index (Phi) is 4.99. The standard InChI is InChI=1S/C27H29N3O4/c31-18-13-11-16(12-14-18)15-21-22-23(25(33)30(24(22)32)17-7-3-1-2-4-8-17)27(29-21)19-9-5-6-10-20(19)28-26(27)34/h5-6,9-14,17,21-23,29,31H,1-4,7-8,15H2,(H,28,34)/t21?,22-,23+,27?/m1/s1. The van der Waals surface area contributed by atoms with E-state index in [1.807, 2.05) is 36.4 Å². The van der Waals surface area contributed by atoms with Gasteiger partial charge in [0.1, 0.15) is 11.3 Å². The van der Waals surface area contributed by atoms with Crippen molar-refractivity contribution >= 4 is 23.4 Å². The number of fused-ring (bicyclic) bond motifs is 4. The molecular formula is C27H29N3O4. The maximum absolute atomic E-state index is 14.0. The number of hydrogen-bond acceptors (Lipinski definition) is 5. The van der Waals surface area contributed by atoms with Crippen LogP contribution in [0.5, 0.6) is 5.75 Å². The molecule has 1 saturated carbocycles. The normalized spacial score (nSPS) is 31.0. The number of anilines is 1. The maximum atomic E-state index is 14.0. The van der Waals surface area contributed by atoms with E-state index in [2.05, 4.69) is 10.6 Å². The molecule has 6 rings (SSSR count). The summed E-state index contributed by atoms with van der Waals surface area (Å²) in [5.74, 6) is -1.83. The van der Waals surface area contributed by atoms with E-state index < -0.39 is 17.4 Å². The molecule has 3 amide bonds. The highest BCUT2D eigenvalue weighted by molar-refractivity contribution is 6.15. The second-order valence-corrected chi connectivity index (χ2v) is 10.1. The third kappa shape index (κ3) is 3.03. The Bertz CT molecular complexity index is 1150. The van der Waals surface area contributed by atoms with E-state index in [1.165, 1.54) is 4.90 Å². The predicted octanol–water partition coefficient (Wildman–Crippen LogP) is 3.08. The highest BCUT2D eigenvalue weighted by atomic mass is 16.3. The van der Waals surface area contributed by atoms with Crippen LogP contribution in [0.15, 0.2) is 48.5 Å². The Labute approximate surface area is 198 Å². The van der Waals surface area contributed by atoms with Gasteiger partial charge in [-0.1, -0.05) is 56.0 Å². The highest BCUT2D eigenvalue weighted by Gasteiger charge is 2.70. The molecule has 4 atom stereocenters. The van der Waals surface area contributed by atoms with Crippen LogP contribution in [0.25, 0.3) is 0 Å². The van der Waals surface area contributed by atoms with Gasteiger partial charge >= 0.3 is 0 Å². The molecule has 2 unspecified atom stereocenters. The molecule has 4 aliphatic rings. The molecule has 2 aromatic rings. The highest BCUT2D eigenvalue weighted by Crippen LogP contribution is 2.54. The molecule has 176 valence electrons. The lowest BCUT2D eigenvalue weighted by molar-refractivity contribution is -0.145. The maximum Gasteiger partial charge on any atom is 0.250 e. The lowest BCUT2D eigenvalue weighted by Gasteiger charge is -2.32. The predicted molar refractivity (Wildman–Crippen MR) is 126 cm³/mol. The first-order valence-electron chi connectivity index (χ1n) is 12.3. The third-order valence-corrected chi connectivity index (χ3v) is 8.24. The Balaban J connectivity index is 1.44. The number of hydrogen-bond donors (Lipinski definition) is 3. The van der Waals surface area contributed by atoms with Gasteiger partial charge in [0.2, 0.25) is 17.7 Å². The van der Waals surface area contributed by atoms with Crippen LogP contribution in [0, 0.1) is 11.8 Å². The number of imide groups is 1. The number of amides is 3. The summed E-state index contributed by atoms with van der Waals surface area (Å²) < 4.78 is 0. The molecular weight excluding hydrogens is 430 g/mol. The molecule has 2 saturated heterocycles. The molecule has 3 fully saturated rings. The summed E-state index contributed by atoms with van der Waals surface area (Å²) in [5.41, 5.74) is 1.12. The Morgan fingerprint density at radius 3 is 2.35 bits per heavy atom. The number of phenols is 1. The topological polar surface area (TPSA) is 98.7 Å². The van der Waals surface area contributed by atoms with Gasteiger partial charge in [0.05, 0.1) is 11.8 Å². The van der Waals surface area contributed by atoms with E-state index >= 15 is 0 Å². The fourth-order valence-electron chi connectivity index (χ4n) is 6.72. The van der Waals surface area contributed by atoms with Crippen LogP contribution in [-0.4, -0.2) is 39.8 Å². The Hall–Kier alpha value is -3.19. The summed E-state index contributed by atoms with van der Waals surface area (Å²) in [5, 5.41) is 16.1. The number of nitrogens with one attached hydrogen (secondary N) is 2. The summed E-state index contributed by atoms with van der Waals surface area (Å²) in [6.07, 6.45) is 6.44. The average molecular weight is 460 g/mol. The van der Waals surface area contributed by atoms with Crippen LogP contribution in [0.3, 0.4) is 0 Å². The van der Waals surface area contributed by atoms with Crippen LogP contribution < -0.4 is 10.6 Å².